The van der Waals surface area contributed by atoms with Gasteiger partial charge in [0.05, 0.1) is 10.6 Å². The first kappa shape index (κ1) is 19.6. The molecule has 29 heavy (non-hydrogen) atoms. The van der Waals surface area contributed by atoms with Gasteiger partial charge in [-0.3, -0.25) is 14.5 Å². The summed E-state index contributed by atoms with van der Waals surface area (Å²) >= 11 is 6.06. The Kier molecular flexibility index (Phi) is 4.92. The summed E-state index contributed by atoms with van der Waals surface area (Å²) in [5.74, 6) is -0.343. The molecule has 0 radical (unpaired) electrons. The third kappa shape index (κ3) is 4.04. The Bertz CT molecular complexity index is 1170. The van der Waals surface area contributed by atoms with Gasteiger partial charge in [0.15, 0.2) is 5.78 Å². The lowest BCUT2D eigenvalue weighted by atomic mass is 9.99. The molecule has 7 heteroatoms. The van der Waals surface area contributed by atoms with Crippen molar-refractivity contribution in [2.75, 3.05) is 4.72 Å². The SMILES string of the molecule is CC1(c2ccc(S(=O)(=O)Nc3ccc(Cl)cc3C(=O)c3ccncc3)cc2)CC1. The molecule has 1 aliphatic carbocycles. The molecule has 1 aromatic heterocycles. The van der Waals surface area contributed by atoms with Gasteiger partial charge in [0.2, 0.25) is 0 Å². The Morgan fingerprint density at radius 2 is 1.69 bits per heavy atom. The van der Waals surface area contributed by atoms with E-state index in [9.17, 15) is 13.2 Å². The summed E-state index contributed by atoms with van der Waals surface area (Å²) in [6.07, 6.45) is 5.23. The number of sulfonamides is 1. The number of ketones is 1. The van der Waals surface area contributed by atoms with E-state index in [4.69, 9.17) is 11.6 Å². The summed E-state index contributed by atoms with van der Waals surface area (Å²) < 4.78 is 28.4. The number of pyridine rings is 1. The molecule has 148 valence electrons. The molecule has 0 aliphatic heterocycles. The maximum atomic E-state index is 12.9. The Labute approximate surface area is 174 Å². The van der Waals surface area contributed by atoms with Gasteiger partial charge < -0.3 is 0 Å². The zero-order chi connectivity index (χ0) is 20.6. The van der Waals surface area contributed by atoms with Crippen LogP contribution in [-0.2, 0) is 15.4 Å². The van der Waals surface area contributed by atoms with E-state index in [0.717, 1.165) is 18.4 Å². The Morgan fingerprint density at radius 3 is 2.31 bits per heavy atom. The minimum atomic E-state index is -3.86. The van der Waals surface area contributed by atoms with Gasteiger partial charge >= 0.3 is 0 Å². The highest BCUT2D eigenvalue weighted by Gasteiger charge is 2.38. The highest BCUT2D eigenvalue weighted by Crippen LogP contribution is 2.47. The summed E-state index contributed by atoms with van der Waals surface area (Å²) in [5.41, 5.74) is 2.04. The van der Waals surface area contributed by atoms with Crippen LogP contribution < -0.4 is 4.72 Å². The first-order valence-corrected chi connectivity index (χ1v) is 11.0. The fourth-order valence-corrected chi connectivity index (χ4v) is 4.42. The van der Waals surface area contributed by atoms with Crippen LogP contribution in [-0.4, -0.2) is 19.2 Å². The number of rotatable bonds is 6. The zero-order valence-corrected chi connectivity index (χ0v) is 17.3. The molecule has 0 amide bonds. The molecule has 0 bridgehead atoms. The number of hydrogen-bond acceptors (Lipinski definition) is 4. The van der Waals surface area contributed by atoms with Crippen molar-refractivity contribution in [3.8, 4) is 0 Å². The zero-order valence-electron chi connectivity index (χ0n) is 15.7. The van der Waals surface area contributed by atoms with Crippen molar-refractivity contribution < 1.29 is 13.2 Å². The van der Waals surface area contributed by atoms with Crippen LogP contribution in [0.1, 0.15) is 41.3 Å². The lowest BCUT2D eigenvalue weighted by Gasteiger charge is -2.14. The van der Waals surface area contributed by atoms with Gasteiger partial charge in [-0.1, -0.05) is 30.7 Å². The molecule has 2 aromatic carbocycles. The Hall–Kier alpha value is -2.70. The van der Waals surface area contributed by atoms with Crippen molar-refractivity contribution in [3.05, 3.63) is 88.7 Å². The van der Waals surface area contributed by atoms with Crippen LogP contribution in [0.3, 0.4) is 0 Å². The molecule has 3 aromatic rings. The van der Waals surface area contributed by atoms with Gasteiger partial charge in [-0.2, -0.15) is 0 Å². The molecule has 1 aliphatic rings. The topological polar surface area (TPSA) is 76.1 Å². The second kappa shape index (κ2) is 7.28. The molecule has 5 nitrogen and oxygen atoms in total. The second-order valence-corrected chi connectivity index (χ2v) is 9.56. The minimum absolute atomic E-state index is 0.141. The number of carbonyl (C=O) groups excluding carboxylic acids is 1. The maximum Gasteiger partial charge on any atom is 0.261 e. The van der Waals surface area contributed by atoms with Crippen molar-refractivity contribution in [2.45, 2.75) is 30.1 Å². The summed E-state index contributed by atoms with van der Waals surface area (Å²) in [6, 6.07) is 14.5. The second-order valence-electron chi connectivity index (χ2n) is 7.45. The smallest absolute Gasteiger partial charge is 0.261 e. The number of halogens is 1. The number of nitrogens with zero attached hydrogens (tertiary/aromatic N) is 1. The summed E-state index contributed by atoms with van der Waals surface area (Å²) in [6.45, 7) is 2.17. The van der Waals surface area contributed by atoms with Crippen LogP contribution in [0.5, 0.6) is 0 Å². The third-order valence-corrected chi connectivity index (χ3v) is 6.89. The first-order chi connectivity index (χ1) is 13.8. The maximum absolute atomic E-state index is 12.9. The van der Waals surface area contributed by atoms with Crippen molar-refractivity contribution in [3.63, 3.8) is 0 Å². The normalized spacial score (nSPS) is 15.0. The molecular formula is C22H19ClN2O3S. The van der Waals surface area contributed by atoms with E-state index < -0.39 is 10.0 Å². The molecule has 1 saturated carbocycles. The number of benzene rings is 2. The van der Waals surface area contributed by atoms with Crippen LogP contribution in [0.4, 0.5) is 5.69 Å². The predicted octanol–water partition coefficient (Wildman–Crippen LogP) is 4.82. The van der Waals surface area contributed by atoms with Crippen molar-refractivity contribution in [2.24, 2.45) is 0 Å². The molecule has 0 unspecified atom stereocenters. The quantitative estimate of drug-likeness (QED) is 0.573. The van der Waals surface area contributed by atoms with Crippen molar-refractivity contribution in [1.82, 2.24) is 4.98 Å². The molecular weight excluding hydrogens is 408 g/mol. The van der Waals surface area contributed by atoms with Gasteiger partial charge in [0.1, 0.15) is 0 Å². The van der Waals surface area contributed by atoms with E-state index in [-0.39, 0.29) is 27.3 Å². The summed E-state index contributed by atoms with van der Waals surface area (Å²) in [5, 5.41) is 0.340. The van der Waals surface area contributed by atoms with Crippen LogP contribution in [0.25, 0.3) is 0 Å². The average Bonchev–Trinajstić information content (AvgIpc) is 3.48. The van der Waals surface area contributed by atoms with E-state index in [2.05, 4.69) is 16.6 Å². The molecule has 4 rings (SSSR count). The molecule has 1 N–H and O–H groups in total. The summed E-state index contributed by atoms with van der Waals surface area (Å²) in [7, 11) is -3.86. The molecule has 0 atom stereocenters. The lowest BCUT2D eigenvalue weighted by molar-refractivity contribution is 0.103. The van der Waals surface area contributed by atoms with E-state index >= 15 is 0 Å². The van der Waals surface area contributed by atoms with Gasteiger partial charge in [-0.25, -0.2) is 8.42 Å². The van der Waals surface area contributed by atoms with Crippen LogP contribution >= 0.6 is 11.6 Å². The van der Waals surface area contributed by atoms with Crippen LogP contribution in [0.2, 0.25) is 5.02 Å². The van der Waals surface area contributed by atoms with Gasteiger partial charge in [0, 0.05) is 28.5 Å². The van der Waals surface area contributed by atoms with Crippen LogP contribution in [0.15, 0.2) is 71.9 Å². The molecule has 0 spiro atoms. The van der Waals surface area contributed by atoms with Crippen LogP contribution in [0, 0.1) is 0 Å². The fraction of sp³-hybridized carbons (Fsp3) is 0.182. The van der Waals surface area contributed by atoms with E-state index in [1.807, 2.05) is 12.1 Å². The third-order valence-electron chi connectivity index (χ3n) is 5.27. The fourth-order valence-electron chi connectivity index (χ4n) is 3.17. The number of anilines is 1. The highest BCUT2D eigenvalue weighted by atomic mass is 35.5. The lowest BCUT2D eigenvalue weighted by Crippen LogP contribution is -2.16. The average molecular weight is 427 g/mol. The number of hydrogen-bond donors (Lipinski definition) is 1. The Balaban J connectivity index is 1.66. The highest BCUT2D eigenvalue weighted by molar-refractivity contribution is 7.92. The number of carbonyl (C=O) groups is 1. The van der Waals surface area contributed by atoms with E-state index in [1.54, 1.807) is 30.3 Å². The number of aromatic nitrogens is 1. The first-order valence-electron chi connectivity index (χ1n) is 9.16. The van der Waals surface area contributed by atoms with Gasteiger partial charge in [-0.05, 0) is 66.3 Å². The molecule has 0 saturated heterocycles. The standard InChI is InChI=1S/C22H19ClN2O3S/c1-22(10-11-22)16-2-5-18(6-3-16)29(27,28)25-20-7-4-17(23)14-19(20)21(26)15-8-12-24-13-9-15/h2-9,12-14,25H,10-11H2,1H3. The molecule has 1 heterocycles. The summed E-state index contributed by atoms with van der Waals surface area (Å²) in [4.78, 5) is 16.9. The van der Waals surface area contributed by atoms with Gasteiger partial charge in [-0.15, -0.1) is 0 Å². The van der Waals surface area contributed by atoms with Crippen molar-refractivity contribution >= 4 is 33.1 Å². The monoisotopic (exact) mass is 426 g/mol. The van der Waals surface area contributed by atoms with E-state index in [0.29, 0.717) is 10.6 Å². The van der Waals surface area contributed by atoms with E-state index in [1.165, 1.54) is 24.5 Å². The minimum Gasteiger partial charge on any atom is -0.289 e. The predicted molar refractivity (Wildman–Crippen MR) is 113 cm³/mol. The molecule has 1 fully saturated rings. The number of nitrogens with one attached hydrogen (secondary N) is 1. The van der Waals surface area contributed by atoms with Crippen molar-refractivity contribution in [1.29, 1.82) is 0 Å². The Morgan fingerprint density at radius 1 is 1.03 bits per heavy atom. The van der Waals surface area contributed by atoms with Gasteiger partial charge in [0.25, 0.3) is 10.0 Å². The largest absolute Gasteiger partial charge is 0.289 e.